The highest BCUT2D eigenvalue weighted by molar-refractivity contribution is 14.0. The monoisotopic (exact) mass is 533 g/mol. The molecule has 170 valence electrons. The number of unbranched alkanes of at least 4 members (excludes halogenated alkanes) is 1. The molecule has 1 aromatic carbocycles. The lowest BCUT2D eigenvalue weighted by Gasteiger charge is -2.30. The molecule has 1 fully saturated rings. The van der Waals surface area contributed by atoms with Crippen LogP contribution in [0.2, 0.25) is 0 Å². The highest BCUT2D eigenvalue weighted by Crippen LogP contribution is 2.16. The Bertz CT molecular complexity index is 677. The molecular weight excluding hydrogens is 496 g/mol. The minimum absolute atomic E-state index is 0. The molecule has 1 aliphatic heterocycles. The number of aryl methyl sites for hydroxylation is 1. The van der Waals surface area contributed by atoms with E-state index >= 15 is 0 Å². The predicted octanol–water partition coefficient (Wildman–Crippen LogP) is 2.83. The highest BCUT2D eigenvalue weighted by atomic mass is 127. The van der Waals surface area contributed by atoms with Gasteiger partial charge in [0.2, 0.25) is 5.91 Å². The Balaban J connectivity index is 0.00000450. The number of primary amides is 1. The number of guanidine groups is 1. The number of nitrogens with zero attached hydrogens (tertiary/aromatic N) is 2. The lowest BCUT2D eigenvalue weighted by Crippen LogP contribution is -2.39. The van der Waals surface area contributed by atoms with E-state index in [9.17, 15) is 9.18 Å². The van der Waals surface area contributed by atoms with Crippen LogP contribution in [-0.2, 0) is 11.2 Å². The molecule has 0 bridgehead atoms. The molecule has 1 heterocycles. The number of aliphatic imine (C=N–C) groups is 1. The van der Waals surface area contributed by atoms with Gasteiger partial charge in [0.15, 0.2) is 5.96 Å². The number of carbonyl (C=O) groups excluding carboxylic acids is 1. The fourth-order valence-electron chi connectivity index (χ4n) is 3.68. The van der Waals surface area contributed by atoms with E-state index in [4.69, 9.17) is 5.73 Å². The molecule has 0 unspecified atom stereocenters. The molecule has 0 saturated carbocycles. The van der Waals surface area contributed by atoms with Gasteiger partial charge in [-0.1, -0.05) is 6.07 Å². The molecule has 1 aliphatic rings. The number of nitrogens with one attached hydrogen (secondary N) is 2. The van der Waals surface area contributed by atoms with Crippen molar-refractivity contribution in [1.29, 1.82) is 0 Å². The second-order valence-electron chi connectivity index (χ2n) is 7.73. The third kappa shape index (κ3) is 9.59. The topological polar surface area (TPSA) is 82.8 Å². The molecule has 0 radical (unpaired) electrons. The van der Waals surface area contributed by atoms with E-state index in [1.165, 1.54) is 6.07 Å². The van der Waals surface area contributed by atoms with Gasteiger partial charge in [0, 0.05) is 25.6 Å². The van der Waals surface area contributed by atoms with Gasteiger partial charge in [-0.2, -0.15) is 0 Å². The Morgan fingerprint density at radius 3 is 2.63 bits per heavy atom. The zero-order chi connectivity index (χ0) is 21.1. The fraction of sp³-hybridized carbons (Fsp3) is 0.636. The first-order valence-electron chi connectivity index (χ1n) is 10.8. The first kappa shape index (κ1) is 26.6. The molecule has 4 N–H and O–H groups in total. The second-order valence-corrected chi connectivity index (χ2v) is 7.73. The second kappa shape index (κ2) is 14.6. The van der Waals surface area contributed by atoms with Crippen LogP contribution in [0.4, 0.5) is 4.39 Å². The number of likely N-dealkylation sites (tertiary alicyclic amines) is 1. The Morgan fingerprint density at radius 2 is 2.00 bits per heavy atom. The number of hydrogen-bond acceptors (Lipinski definition) is 3. The first-order chi connectivity index (χ1) is 14.0. The van der Waals surface area contributed by atoms with E-state index in [-0.39, 0.29) is 41.6 Å². The van der Waals surface area contributed by atoms with Gasteiger partial charge in [0.1, 0.15) is 5.82 Å². The maximum atomic E-state index is 13.2. The van der Waals surface area contributed by atoms with E-state index in [2.05, 4.69) is 27.4 Å². The van der Waals surface area contributed by atoms with Crippen molar-refractivity contribution in [2.24, 2.45) is 16.6 Å². The summed E-state index contributed by atoms with van der Waals surface area (Å²) in [5.41, 5.74) is 7.52. The summed E-state index contributed by atoms with van der Waals surface area (Å²) in [6.07, 6.45) is 4.73. The van der Waals surface area contributed by atoms with E-state index in [1.807, 2.05) is 13.0 Å². The van der Waals surface area contributed by atoms with Gasteiger partial charge in [-0.25, -0.2) is 4.39 Å². The van der Waals surface area contributed by atoms with E-state index < -0.39 is 0 Å². The average molecular weight is 533 g/mol. The fourth-order valence-corrected chi connectivity index (χ4v) is 3.68. The van der Waals surface area contributed by atoms with Crippen LogP contribution in [0.5, 0.6) is 0 Å². The summed E-state index contributed by atoms with van der Waals surface area (Å²) in [6, 6.07) is 4.94. The highest BCUT2D eigenvalue weighted by Gasteiger charge is 2.22. The van der Waals surface area contributed by atoms with Crippen molar-refractivity contribution in [3.63, 3.8) is 0 Å². The molecule has 1 saturated heterocycles. The van der Waals surface area contributed by atoms with Crippen LogP contribution in [0.15, 0.2) is 23.2 Å². The minimum atomic E-state index is -0.189. The molecule has 0 aliphatic carbocycles. The van der Waals surface area contributed by atoms with E-state index in [0.29, 0.717) is 0 Å². The molecular formula is C22H37FIN5O. The number of carbonyl (C=O) groups is 1. The largest absolute Gasteiger partial charge is 0.369 e. The Hall–Kier alpha value is -1.42. The molecule has 1 aromatic rings. The number of amides is 1. The first-order valence-corrected chi connectivity index (χ1v) is 10.8. The molecule has 8 heteroatoms. The quantitative estimate of drug-likeness (QED) is 0.187. The molecule has 6 nitrogen and oxygen atoms in total. The summed E-state index contributed by atoms with van der Waals surface area (Å²) in [4.78, 5) is 18.3. The lowest BCUT2D eigenvalue weighted by atomic mass is 9.96. The standard InChI is InChI=1S/C22H36FN5O.HI/c1-3-25-22(27-12-8-18-6-7-20(23)16-17(18)2)26-11-4-5-13-28-14-9-19(10-15-28)21(24)29;/h6-7,16,19H,3-5,8-15H2,1-2H3,(H2,24,29)(H2,25,26,27);1H. The number of nitrogens with two attached hydrogens (primary N) is 1. The zero-order valence-corrected chi connectivity index (χ0v) is 20.6. The van der Waals surface area contributed by atoms with Crippen molar-refractivity contribution in [3.8, 4) is 0 Å². The summed E-state index contributed by atoms with van der Waals surface area (Å²) >= 11 is 0. The third-order valence-electron chi connectivity index (χ3n) is 5.48. The van der Waals surface area contributed by atoms with Gasteiger partial charge in [-0.3, -0.25) is 9.79 Å². The molecule has 0 atom stereocenters. The van der Waals surface area contributed by atoms with Crippen LogP contribution < -0.4 is 16.4 Å². The maximum absolute atomic E-state index is 13.2. The average Bonchev–Trinajstić information content (AvgIpc) is 2.69. The smallest absolute Gasteiger partial charge is 0.220 e. The number of halogens is 2. The number of rotatable bonds is 10. The van der Waals surface area contributed by atoms with Gasteiger partial charge >= 0.3 is 0 Å². The maximum Gasteiger partial charge on any atom is 0.220 e. The summed E-state index contributed by atoms with van der Waals surface area (Å²) in [7, 11) is 0. The zero-order valence-electron chi connectivity index (χ0n) is 18.3. The third-order valence-corrected chi connectivity index (χ3v) is 5.48. The van der Waals surface area contributed by atoms with E-state index in [0.717, 1.165) is 88.5 Å². The van der Waals surface area contributed by atoms with Gasteiger partial charge in [-0.15, -0.1) is 24.0 Å². The SMILES string of the molecule is CCNC(=NCCCCN1CCC(C(N)=O)CC1)NCCc1ccc(F)cc1C.I. The number of benzene rings is 1. The molecule has 0 spiro atoms. The Kier molecular flexibility index (Phi) is 12.9. The van der Waals surface area contributed by atoms with Crippen LogP contribution in [0.3, 0.4) is 0 Å². The summed E-state index contributed by atoms with van der Waals surface area (Å²) in [5, 5.41) is 6.63. The molecule has 1 amide bonds. The van der Waals surface area contributed by atoms with Crippen molar-refractivity contribution < 1.29 is 9.18 Å². The van der Waals surface area contributed by atoms with Crippen LogP contribution in [-0.4, -0.2) is 56.0 Å². The van der Waals surface area contributed by atoms with Gasteiger partial charge < -0.3 is 21.3 Å². The normalized spacial score (nSPS) is 15.5. The Labute approximate surface area is 197 Å². The summed E-state index contributed by atoms with van der Waals surface area (Å²) in [6.45, 7) is 9.32. The summed E-state index contributed by atoms with van der Waals surface area (Å²) < 4.78 is 13.2. The van der Waals surface area contributed by atoms with Crippen LogP contribution >= 0.6 is 24.0 Å². The van der Waals surface area contributed by atoms with Gasteiger partial charge in [-0.05, 0) is 88.8 Å². The van der Waals surface area contributed by atoms with Crippen molar-refractivity contribution in [3.05, 3.63) is 35.1 Å². The van der Waals surface area contributed by atoms with Crippen molar-refractivity contribution >= 4 is 35.8 Å². The minimum Gasteiger partial charge on any atom is -0.369 e. The lowest BCUT2D eigenvalue weighted by molar-refractivity contribution is -0.123. The summed E-state index contributed by atoms with van der Waals surface area (Å²) in [5.74, 6) is 0.543. The van der Waals surface area contributed by atoms with E-state index in [1.54, 1.807) is 6.07 Å². The number of hydrogen-bond donors (Lipinski definition) is 3. The van der Waals surface area contributed by atoms with Gasteiger partial charge in [0.25, 0.3) is 0 Å². The molecule has 2 rings (SSSR count). The predicted molar refractivity (Wildman–Crippen MR) is 132 cm³/mol. The van der Waals surface area contributed by atoms with Crippen LogP contribution in [0.1, 0.15) is 43.7 Å². The van der Waals surface area contributed by atoms with Crippen LogP contribution in [0, 0.1) is 18.7 Å². The van der Waals surface area contributed by atoms with Gasteiger partial charge in [0.05, 0.1) is 0 Å². The molecule has 0 aromatic heterocycles. The molecule has 30 heavy (non-hydrogen) atoms. The number of piperidine rings is 1. The van der Waals surface area contributed by atoms with Crippen molar-refractivity contribution in [1.82, 2.24) is 15.5 Å². The Morgan fingerprint density at radius 1 is 1.27 bits per heavy atom. The van der Waals surface area contributed by atoms with Crippen molar-refractivity contribution in [2.75, 3.05) is 39.3 Å². The van der Waals surface area contributed by atoms with Crippen molar-refractivity contribution in [2.45, 2.75) is 46.0 Å². The van der Waals surface area contributed by atoms with Crippen LogP contribution in [0.25, 0.3) is 0 Å².